The third-order valence-electron chi connectivity index (χ3n) is 2.61. The molecule has 122 valence electrons. The summed E-state index contributed by atoms with van der Waals surface area (Å²) in [5, 5.41) is 10.0. The molecule has 1 aliphatic heterocycles. The van der Waals surface area contributed by atoms with Gasteiger partial charge in [0, 0.05) is 65.4 Å². The molecule has 5 N–H and O–H groups in total. The third kappa shape index (κ3) is 16.9. The Bertz CT molecular complexity index is 150. The van der Waals surface area contributed by atoms with Gasteiger partial charge in [-0.1, -0.05) is 0 Å². The maximum absolute atomic E-state index is 5.37. The topological polar surface area (TPSA) is 65.3 Å². The zero-order valence-electron chi connectivity index (χ0n) is 11.2. The molecule has 0 radical (unpaired) electrons. The molecule has 1 saturated heterocycles. The van der Waals surface area contributed by atoms with Gasteiger partial charge in [0.15, 0.2) is 0 Å². The van der Waals surface area contributed by atoms with Crippen LogP contribution >= 0.6 is 49.6 Å². The Morgan fingerprint density at radius 3 is 1.89 bits per heavy atom. The minimum Gasteiger partial charge on any atom is -0.329 e. The molecule has 1 fully saturated rings. The van der Waals surface area contributed by atoms with Crippen LogP contribution in [-0.4, -0.2) is 70.3 Å². The van der Waals surface area contributed by atoms with E-state index in [-0.39, 0.29) is 49.6 Å². The van der Waals surface area contributed by atoms with E-state index in [2.05, 4.69) is 20.9 Å². The van der Waals surface area contributed by atoms with Crippen LogP contribution in [0.15, 0.2) is 0 Å². The van der Waals surface area contributed by atoms with Crippen molar-refractivity contribution in [1.29, 1.82) is 0 Å². The maximum atomic E-state index is 5.37. The van der Waals surface area contributed by atoms with Crippen LogP contribution in [0.4, 0.5) is 0 Å². The number of nitrogens with one attached hydrogen (secondary N) is 3. The van der Waals surface area contributed by atoms with Gasteiger partial charge >= 0.3 is 0 Å². The van der Waals surface area contributed by atoms with Crippen LogP contribution in [0, 0.1) is 0 Å². The lowest BCUT2D eigenvalue weighted by Crippen LogP contribution is -2.46. The summed E-state index contributed by atoms with van der Waals surface area (Å²) in [6.07, 6.45) is 0. The number of piperazine rings is 1. The summed E-state index contributed by atoms with van der Waals surface area (Å²) < 4.78 is 0. The van der Waals surface area contributed by atoms with Crippen molar-refractivity contribution in [3.8, 4) is 0 Å². The van der Waals surface area contributed by atoms with Crippen LogP contribution in [0.5, 0.6) is 0 Å². The largest absolute Gasteiger partial charge is 0.329 e. The monoisotopic (exact) mass is 359 g/mol. The van der Waals surface area contributed by atoms with Crippen molar-refractivity contribution in [3.63, 3.8) is 0 Å². The minimum absolute atomic E-state index is 0. The van der Waals surface area contributed by atoms with Crippen molar-refractivity contribution in [1.82, 2.24) is 20.9 Å². The fourth-order valence-corrected chi connectivity index (χ4v) is 1.70. The van der Waals surface area contributed by atoms with E-state index in [4.69, 9.17) is 5.73 Å². The van der Waals surface area contributed by atoms with E-state index in [9.17, 15) is 0 Å². The van der Waals surface area contributed by atoms with Gasteiger partial charge < -0.3 is 21.7 Å². The van der Waals surface area contributed by atoms with Gasteiger partial charge in [0.25, 0.3) is 0 Å². The highest BCUT2D eigenvalue weighted by Crippen LogP contribution is 1.89. The average molecular weight is 361 g/mol. The standard InChI is InChI=1S/C10H25N5.4ClH/c11-1-2-12-3-4-13-5-8-15-9-6-14-7-10-15;;;;/h12-14H,1-11H2;4*1H. The molecule has 0 atom stereocenters. The molecule has 0 amide bonds. The van der Waals surface area contributed by atoms with Crippen molar-refractivity contribution in [2.24, 2.45) is 5.73 Å². The van der Waals surface area contributed by atoms with Crippen LogP contribution in [0.3, 0.4) is 0 Å². The number of nitrogens with zero attached hydrogens (tertiary/aromatic N) is 1. The van der Waals surface area contributed by atoms with Crippen LogP contribution in [0.25, 0.3) is 0 Å². The van der Waals surface area contributed by atoms with Crippen molar-refractivity contribution >= 4 is 49.6 Å². The van der Waals surface area contributed by atoms with E-state index in [0.717, 1.165) is 45.8 Å². The second kappa shape index (κ2) is 21.3. The Kier molecular flexibility index (Phi) is 31.5. The highest BCUT2D eigenvalue weighted by atomic mass is 35.5. The van der Waals surface area contributed by atoms with E-state index in [1.54, 1.807) is 0 Å². The number of hydrogen-bond acceptors (Lipinski definition) is 5. The molecule has 0 aliphatic carbocycles. The molecule has 0 saturated carbocycles. The van der Waals surface area contributed by atoms with Gasteiger partial charge in [-0.2, -0.15) is 0 Å². The van der Waals surface area contributed by atoms with Gasteiger partial charge in [-0.3, -0.25) is 4.90 Å². The number of hydrogen-bond donors (Lipinski definition) is 4. The van der Waals surface area contributed by atoms with Crippen LogP contribution in [0.2, 0.25) is 0 Å². The highest BCUT2D eigenvalue weighted by molar-refractivity contribution is 5.86. The number of rotatable bonds is 8. The van der Waals surface area contributed by atoms with E-state index >= 15 is 0 Å². The second-order valence-corrected chi connectivity index (χ2v) is 3.88. The normalized spacial score (nSPS) is 14.4. The van der Waals surface area contributed by atoms with Crippen LogP contribution < -0.4 is 21.7 Å². The van der Waals surface area contributed by atoms with Crippen molar-refractivity contribution in [2.45, 2.75) is 0 Å². The summed E-state index contributed by atoms with van der Waals surface area (Å²) in [6, 6.07) is 0. The molecule has 5 nitrogen and oxygen atoms in total. The van der Waals surface area contributed by atoms with Crippen LogP contribution in [0.1, 0.15) is 0 Å². The molecule has 1 rings (SSSR count). The van der Waals surface area contributed by atoms with Gasteiger partial charge in [-0.05, 0) is 0 Å². The average Bonchev–Trinajstić information content (AvgIpc) is 2.29. The van der Waals surface area contributed by atoms with E-state index in [1.807, 2.05) is 0 Å². The fraction of sp³-hybridized carbons (Fsp3) is 1.00. The van der Waals surface area contributed by atoms with Crippen molar-refractivity contribution in [2.75, 3.05) is 65.4 Å². The van der Waals surface area contributed by atoms with Gasteiger partial charge in [-0.25, -0.2) is 0 Å². The Balaban J connectivity index is -0.000000281. The highest BCUT2D eigenvalue weighted by Gasteiger charge is 2.07. The lowest BCUT2D eigenvalue weighted by atomic mass is 10.3. The van der Waals surface area contributed by atoms with Crippen LogP contribution in [-0.2, 0) is 0 Å². The third-order valence-corrected chi connectivity index (χ3v) is 2.61. The number of halogens is 4. The second-order valence-electron chi connectivity index (χ2n) is 3.88. The molecule has 0 bridgehead atoms. The molecule has 1 aliphatic rings. The summed E-state index contributed by atoms with van der Waals surface area (Å²) in [5.41, 5.74) is 5.37. The van der Waals surface area contributed by atoms with E-state index in [1.165, 1.54) is 19.6 Å². The Morgan fingerprint density at radius 2 is 1.37 bits per heavy atom. The summed E-state index contributed by atoms with van der Waals surface area (Å²) in [6.45, 7) is 10.6. The van der Waals surface area contributed by atoms with E-state index in [0.29, 0.717) is 0 Å². The fourth-order valence-electron chi connectivity index (χ4n) is 1.70. The first kappa shape index (κ1) is 28.2. The first-order valence-electron chi connectivity index (χ1n) is 5.98. The summed E-state index contributed by atoms with van der Waals surface area (Å²) in [5.74, 6) is 0. The summed E-state index contributed by atoms with van der Waals surface area (Å²) in [7, 11) is 0. The van der Waals surface area contributed by atoms with Gasteiger partial charge in [-0.15, -0.1) is 49.6 Å². The van der Waals surface area contributed by atoms with Gasteiger partial charge in [0.2, 0.25) is 0 Å². The zero-order chi connectivity index (χ0) is 10.8. The Labute approximate surface area is 141 Å². The smallest absolute Gasteiger partial charge is 0.0108 e. The van der Waals surface area contributed by atoms with E-state index < -0.39 is 0 Å². The molecule has 0 aromatic heterocycles. The van der Waals surface area contributed by atoms with Gasteiger partial charge in [0.05, 0.1) is 0 Å². The predicted octanol–water partition coefficient (Wildman–Crippen LogP) is -0.283. The SMILES string of the molecule is Cl.Cl.Cl.Cl.NCCNCCNCCN1CCNCC1. The zero-order valence-corrected chi connectivity index (χ0v) is 14.5. The Morgan fingerprint density at radius 1 is 0.842 bits per heavy atom. The first-order valence-corrected chi connectivity index (χ1v) is 5.98. The summed E-state index contributed by atoms with van der Waals surface area (Å²) >= 11 is 0. The molecule has 9 heteroatoms. The van der Waals surface area contributed by atoms with Gasteiger partial charge in [0.1, 0.15) is 0 Å². The quantitative estimate of drug-likeness (QED) is 0.448. The molecule has 19 heavy (non-hydrogen) atoms. The van der Waals surface area contributed by atoms with Crippen molar-refractivity contribution in [3.05, 3.63) is 0 Å². The Hall–Kier alpha value is 0.960. The molecule has 0 aromatic rings. The predicted molar refractivity (Wildman–Crippen MR) is 93.1 cm³/mol. The lowest BCUT2D eigenvalue weighted by molar-refractivity contribution is 0.241. The maximum Gasteiger partial charge on any atom is 0.0108 e. The molecule has 1 heterocycles. The molecular weight excluding hydrogens is 332 g/mol. The molecule has 0 unspecified atom stereocenters. The lowest BCUT2D eigenvalue weighted by Gasteiger charge is -2.27. The molecular formula is C10H29Cl4N5. The minimum atomic E-state index is 0. The first-order chi connectivity index (χ1) is 7.43. The molecule has 0 aromatic carbocycles. The number of nitrogens with two attached hydrogens (primary N) is 1. The molecule has 0 spiro atoms. The summed E-state index contributed by atoms with van der Waals surface area (Å²) in [4.78, 5) is 2.50. The van der Waals surface area contributed by atoms with Crippen molar-refractivity contribution < 1.29 is 0 Å².